The van der Waals surface area contributed by atoms with Crippen LogP contribution < -0.4 is 0 Å². The molecule has 1 aromatic rings. The maximum Gasteiger partial charge on any atom is 0.255 e. The van der Waals surface area contributed by atoms with Gasteiger partial charge in [0.15, 0.2) is 0 Å². The van der Waals surface area contributed by atoms with Gasteiger partial charge in [0.1, 0.15) is 0 Å². The molecule has 2 rings (SSSR count). The lowest BCUT2D eigenvalue weighted by atomic mass is 10.1. The van der Waals surface area contributed by atoms with Crippen LogP contribution in [-0.4, -0.2) is 53.9 Å². The van der Waals surface area contributed by atoms with Crippen molar-refractivity contribution in [2.24, 2.45) is 0 Å². The lowest BCUT2D eigenvalue weighted by molar-refractivity contribution is 0.0782. The number of pyridine rings is 1. The Morgan fingerprint density at radius 2 is 2.00 bits per heavy atom. The van der Waals surface area contributed by atoms with E-state index >= 15 is 0 Å². The highest BCUT2D eigenvalue weighted by Gasteiger charge is 2.28. The first-order chi connectivity index (χ1) is 9.99. The number of likely N-dealkylation sites (tertiary alicyclic amines) is 1. The Kier molecular flexibility index (Phi) is 6.82. The van der Waals surface area contributed by atoms with Crippen molar-refractivity contribution in [1.82, 2.24) is 14.8 Å². The van der Waals surface area contributed by atoms with Crippen LogP contribution in [0.5, 0.6) is 0 Å². The molecular formula is C17H29N3O. The number of rotatable bonds is 3. The number of hydrogen-bond donors (Lipinski definition) is 0. The summed E-state index contributed by atoms with van der Waals surface area (Å²) in [5.41, 5.74) is 1.73. The Bertz CT molecular complexity index is 440. The number of likely N-dealkylation sites (N-methyl/N-ethyl adjacent to an activating group) is 1. The Morgan fingerprint density at radius 1 is 1.33 bits per heavy atom. The van der Waals surface area contributed by atoms with Gasteiger partial charge < -0.3 is 9.80 Å². The summed E-state index contributed by atoms with van der Waals surface area (Å²) < 4.78 is 0. The van der Waals surface area contributed by atoms with Gasteiger partial charge in [-0.05, 0) is 38.6 Å². The minimum atomic E-state index is 0.104. The summed E-state index contributed by atoms with van der Waals surface area (Å²) in [5.74, 6) is 0.501. The zero-order valence-electron chi connectivity index (χ0n) is 14.3. The van der Waals surface area contributed by atoms with E-state index in [4.69, 9.17) is 0 Å². The summed E-state index contributed by atoms with van der Waals surface area (Å²) in [6, 6.07) is 4.33. The van der Waals surface area contributed by atoms with Crippen molar-refractivity contribution in [3.63, 3.8) is 0 Å². The first kappa shape index (κ1) is 17.6. The van der Waals surface area contributed by atoms with Crippen molar-refractivity contribution < 1.29 is 4.79 Å². The predicted octanol–water partition coefficient (Wildman–Crippen LogP) is 3.01. The number of amides is 1. The van der Waals surface area contributed by atoms with Gasteiger partial charge in [-0.25, -0.2) is 0 Å². The lowest BCUT2D eigenvalue weighted by Crippen LogP contribution is -2.34. The second-order valence-electron chi connectivity index (χ2n) is 5.78. The number of nitrogens with zero attached hydrogens (tertiary/aromatic N) is 3. The summed E-state index contributed by atoms with van der Waals surface area (Å²) >= 11 is 0. The maximum absolute atomic E-state index is 12.4. The molecule has 4 heteroatoms. The lowest BCUT2D eigenvalue weighted by Gasteiger charge is -2.20. The first-order valence-electron chi connectivity index (χ1n) is 7.90. The minimum absolute atomic E-state index is 0.104. The monoisotopic (exact) mass is 291 g/mol. The summed E-state index contributed by atoms with van der Waals surface area (Å²) in [7, 11) is 4.13. The average Bonchev–Trinajstić information content (AvgIpc) is 2.99. The highest BCUT2D eigenvalue weighted by molar-refractivity contribution is 5.94. The molecule has 0 radical (unpaired) electrons. The molecule has 0 aliphatic carbocycles. The molecular weight excluding hydrogens is 262 g/mol. The molecule has 0 saturated carbocycles. The molecule has 1 fully saturated rings. The van der Waals surface area contributed by atoms with Gasteiger partial charge in [0, 0.05) is 31.0 Å². The highest BCUT2D eigenvalue weighted by atomic mass is 16.2. The third kappa shape index (κ3) is 4.53. The Morgan fingerprint density at radius 3 is 2.43 bits per heavy atom. The number of hydrogen-bond acceptors (Lipinski definition) is 3. The van der Waals surface area contributed by atoms with Gasteiger partial charge in [0.2, 0.25) is 0 Å². The van der Waals surface area contributed by atoms with Crippen molar-refractivity contribution in [3.05, 3.63) is 29.6 Å². The van der Waals surface area contributed by atoms with Crippen LogP contribution in [0.15, 0.2) is 18.3 Å². The first-order valence-corrected chi connectivity index (χ1v) is 7.90. The van der Waals surface area contributed by atoms with Crippen molar-refractivity contribution in [1.29, 1.82) is 0 Å². The van der Waals surface area contributed by atoms with E-state index in [0.29, 0.717) is 17.5 Å². The number of carbonyl (C=O) groups is 1. The van der Waals surface area contributed by atoms with Gasteiger partial charge in [0.25, 0.3) is 5.91 Å². The van der Waals surface area contributed by atoms with E-state index in [1.54, 1.807) is 6.20 Å². The van der Waals surface area contributed by atoms with Crippen LogP contribution in [0.1, 0.15) is 56.1 Å². The summed E-state index contributed by atoms with van der Waals surface area (Å²) in [6.45, 7) is 9.86. The van der Waals surface area contributed by atoms with Crippen molar-refractivity contribution >= 4 is 5.91 Å². The van der Waals surface area contributed by atoms with Crippen LogP contribution in [0.4, 0.5) is 0 Å². The summed E-state index contributed by atoms with van der Waals surface area (Å²) in [5, 5.41) is 0. The Balaban J connectivity index is 0.00000106. The van der Waals surface area contributed by atoms with E-state index in [1.165, 1.54) is 0 Å². The largest absolute Gasteiger partial charge is 0.337 e. The van der Waals surface area contributed by atoms with Crippen LogP contribution >= 0.6 is 0 Å². The molecule has 0 N–H and O–H groups in total. The maximum atomic E-state index is 12.4. The van der Waals surface area contributed by atoms with E-state index in [-0.39, 0.29) is 5.91 Å². The molecule has 4 nitrogen and oxygen atoms in total. The van der Waals surface area contributed by atoms with Gasteiger partial charge in [-0.3, -0.25) is 9.78 Å². The standard InChI is InChI=1S/C15H23N3O.C2H6/c1-11(2)14-6-5-12(9-16-14)15(19)18-8-7-13(10-18)17(3)4;1-2/h5-6,9,11,13H,7-8,10H2,1-4H3;1-2H3. The van der Waals surface area contributed by atoms with Gasteiger partial charge in [-0.15, -0.1) is 0 Å². The number of carbonyl (C=O) groups excluding carboxylic acids is 1. The Hall–Kier alpha value is -1.42. The van der Waals surface area contributed by atoms with Crippen LogP contribution in [0.2, 0.25) is 0 Å². The quantitative estimate of drug-likeness (QED) is 0.859. The predicted molar refractivity (Wildman–Crippen MR) is 87.7 cm³/mol. The molecule has 1 aliphatic heterocycles. The van der Waals surface area contributed by atoms with Gasteiger partial charge >= 0.3 is 0 Å². The Labute approximate surface area is 129 Å². The molecule has 1 aliphatic rings. The van der Waals surface area contributed by atoms with E-state index in [9.17, 15) is 4.79 Å². The van der Waals surface area contributed by atoms with Crippen LogP contribution in [0.3, 0.4) is 0 Å². The van der Waals surface area contributed by atoms with Crippen molar-refractivity contribution in [2.45, 2.75) is 46.1 Å². The topological polar surface area (TPSA) is 36.4 Å². The average molecular weight is 291 g/mol. The smallest absolute Gasteiger partial charge is 0.255 e. The fourth-order valence-electron chi connectivity index (χ4n) is 2.40. The molecule has 0 bridgehead atoms. The normalized spacial score (nSPS) is 17.9. The zero-order chi connectivity index (χ0) is 16.0. The molecule has 0 spiro atoms. The molecule has 1 unspecified atom stereocenters. The molecule has 1 amide bonds. The summed E-state index contributed by atoms with van der Waals surface area (Å²) in [4.78, 5) is 20.8. The summed E-state index contributed by atoms with van der Waals surface area (Å²) in [6.07, 6.45) is 2.76. The second kappa shape index (κ2) is 8.13. The van der Waals surface area contributed by atoms with E-state index in [1.807, 2.05) is 30.9 Å². The van der Waals surface area contributed by atoms with Crippen LogP contribution in [-0.2, 0) is 0 Å². The zero-order valence-corrected chi connectivity index (χ0v) is 14.3. The molecule has 1 aromatic heterocycles. The third-order valence-corrected chi connectivity index (χ3v) is 3.81. The fourth-order valence-corrected chi connectivity index (χ4v) is 2.40. The van der Waals surface area contributed by atoms with Crippen molar-refractivity contribution in [3.8, 4) is 0 Å². The molecule has 118 valence electrons. The van der Waals surface area contributed by atoms with Crippen LogP contribution in [0.25, 0.3) is 0 Å². The SMILES string of the molecule is CC.CC(C)c1ccc(C(=O)N2CCC(N(C)C)C2)cn1. The van der Waals surface area contributed by atoms with E-state index < -0.39 is 0 Å². The molecule has 1 saturated heterocycles. The molecule has 0 aromatic carbocycles. The van der Waals surface area contributed by atoms with E-state index in [2.05, 4.69) is 37.8 Å². The molecule has 1 atom stereocenters. The van der Waals surface area contributed by atoms with Gasteiger partial charge in [0.05, 0.1) is 5.56 Å². The number of aromatic nitrogens is 1. The van der Waals surface area contributed by atoms with Gasteiger partial charge in [-0.1, -0.05) is 27.7 Å². The molecule has 2 heterocycles. The van der Waals surface area contributed by atoms with Gasteiger partial charge in [-0.2, -0.15) is 0 Å². The minimum Gasteiger partial charge on any atom is -0.337 e. The highest BCUT2D eigenvalue weighted by Crippen LogP contribution is 2.17. The molecule has 21 heavy (non-hydrogen) atoms. The van der Waals surface area contributed by atoms with Crippen molar-refractivity contribution in [2.75, 3.05) is 27.2 Å². The fraction of sp³-hybridized carbons (Fsp3) is 0.647. The third-order valence-electron chi connectivity index (χ3n) is 3.81. The second-order valence-corrected chi connectivity index (χ2v) is 5.78. The van der Waals surface area contributed by atoms with Crippen LogP contribution in [0, 0.1) is 0 Å². The van der Waals surface area contributed by atoms with E-state index in [0.717, 1.165) is 25.2 Å².